The van der Waals surface area contributed by atoms with Crippen molar-refractivity contribution in [2.45, 2.75) is 6.18 Å². The molecule has 0 aliphatic rings. The number of anilines is 1. The van der Waals surface area contributed by atoms with Gasteiger partial charge in [0, 0.05) is 6.07 Å². The van der Waals surface area contributed by atoms with E-state index >= 15 is 0 Å². The molecule has 0 amide bonds. The highest BCUT2D eigenvalue weighted by atomic mass is 32.2. The minimum absolute atomic E-state index is 0.374. The zero-order valence-electron chi connectivity index (χ0n) is 8.85. The summed E-state index contributed by atoms with van der Waals surface area (Å²) in [6, 6.07) is 1.47. The second-order valence-corrected chi connectivity index (χ2v) is 5.11. The number of nitro groups is 1. The van der Waals surface area contributed by atoms with E-state index in [4.69, 9.17) is 0 Å². The molecule has 0 bridgehead atoms. The molecule has 0 atom stereocenters. The predicted octanol–water partition coefficient (Wildman–Crippen LogP) is 1.99. The standard InChI is InChI=1S/C8H7F3N2O4S/c1-18(16,17)12-6-4-5(8(9,10)11)2-3-7(6)13(14)15/h2-4,12H,1H3. The van der Waals surface area contributed by atoms with E-state index in [0.29, 0.717) is 24.5 Å². The van der Waals surface area contributed by atoms with Gasteiger partial charge >= 0.3 is 6.18 Å². The van der Waals surface area contributed by atoms with E-state index in [1.54, 1.807) is 4.72 Å². The lowest BCUT2D eigenvalue weighted by atomic mass is 10.1. The molecule has 0 saturated carbocycles. The van der Waals surface area contributed by atoms with Crippen LogP contribution >= 0.6 is 0 Å². The van der Waals surface area contributed by atoms with Gasteiger partial charge in [0.15, 0.2) is 0 Å². The summed E-state index contributed by atoms with van der Waals surface area (Å²) in [5.41, 5.74) is -2.66. The van der Waals surface area contributed by atoms with Crippen LogP contribution in [0.5, 0.6) is 0 Å². The first-order valence-corrected chi connectivity index (χ1v) is 6.23. The highest BCUT2D eigenvalue weighted by Crippen LogP contribution is 2.35. The molecule has 6 nitrogen and oxygen atoms in total. The number of hydrogen-bond donors (Lipinski definition) is 1. The van der Waals surface area contributed by atoms with Crippen molar-refractivity contribution in [1.82, 2.24) is 0 Å². The van der Waals surface area contributed by atoms with Crippen LogP contribution in [0.3, 0.4) is 0 Å². The Kier molecular flexibility index (Phi) is 3.51. The van der Waals surface area contributed by atoms with Crippen molar-refractivity contribution in [3.05, 3.63) is 33.9 Å². The average Bonchev–Trinajstić information content (AvgIpc) is 2.12. The van der Waals surface area contributed by atoms with Gasteiger partial charge in [0.25, 0.3) is 5.69 Å². The van der Waals surface area contributed by atoms with Crippen LogP contribution in [0.1, 0.15) is 5.56 Å². The molecule has 0 saturated heterocycles. The van der Waals surface area contributed by atoms with Gasteiger partial charge in [-0.05, 0) is 12.1 Å². The summed E-state index contributed by atoms with van der Waals surface area (Å²) in [5.74, 6) is 0. The number of nitrogens with one attached hydrogen (secondary N) is 1. The Balaban J connectivity index is 3.38. The van der Waals surface area contributed by atoms with Crippen molar-refractivity contribution in [3.63, 3.8) is 0 Å². The quantitative estimate of drug-likeness (QED) is 0.679. The van der Waals surface area contributed by atoms with Crippen LogP contribution < -0.4 is 4.72 Å². The summed E-state index contributed by atoms with van der Waals surface area (Å²) < 4.78 is 60.7. The summed E-state index contributed by atoms with van der Waals surface area (Å²) in [6.07, 6.45) is -4.04. The average molecular weight is 284 g/mol. The van der Waals surface area contributed by atoms with E-state index in [1.165, 1.54) is 0 Å². The molecular formula is C8H7F3N2O4S. The van der Waals surface area contributed by atoms with Crippen LogP contribution in [0.15, 0.2) is 18.2 Å². The van der Waals surface area contributed by atoms with Gasteiger partial charge in [0.1, 0.15) is 5.69 Å². The van der Waals surface area contributed by atoms with Gasteiger partial charge in [-0.15, -0.1) is 0 Å². The molecule has 1 N–H and O–H groups in total. The van der Waals surface area contributed by atoms with Gasteiger partial charge < -0.3 is 0 Å². The summed E-state index contributed by atoms with van der Waals surface area (Å²) >= 11 is 0. The molecular weight excluding hydrogens is 277 g/mol. The van der Waals surface area contributed by atoms with Gasteiger partial charge in [-0.25, -0.2) is 8.42 Å². The Hall–Kier alpha value is -1.84. The zero-order chi connectivity index (χ0) is 14.1. The maximum absolute atomic E-state index is 12.4. The number of alkyl halides is 3. The largest absolute Gasteiger partial charge is 0.416 e. The number of benzene rings is 1. The molecule has 0 radical (unpaired) electrons. The van der Waals surface area contributed by atoms with Crippen molar-refractivity contribution in [1.29, 1.82) is 0 Å². The molecule has 0 fully saturated rings. The van der Waals surface area contributed by atoms with Gasteiger partial charge in [0.2, 0.25) is 10.0 Å². The third kappa shape index (κ3) is 3.58. The van der Waals surface area contributed by atoms with E-state index in [2.05, 4.69) is 0 Å². The lowest BCUT2D eigenvalue weighted by molar-refractivity contribution is -0.383. The van der Waals surface area contributed by atoms with Crippen LogP contribution in [0.4, 0.5) is 24.5 Å². The van der Waals surface area contributed by atoms with E-state index in [-0.39, 0.29) is 0 Å². The van der Waals surface area contributed by atoms with Crippen LogP contribution in [0.25, 0.3) is 0 Å². The lowest BCUT2D eigenvalue weighted by Gasteiger charge is -2.10. The zero-order valence-corrected chi connectivity index (χ0v) is 9.67. The second kappa shape index (κ2) is 4.44. The van der Waals surface area contributed by atoms with Gasteiger partial charge in [-0.3, -0.25) is 14.8 Å². The van der Waals surface area contributed by atoms with Crippen molar-refractivity contribution < 1.29 is 26.5 Å². The minimum Gasteiger partial charge on any atom is -0.277 e. The van der Waals surface area contributed by atoms with E-state index in [1.807, 2.05) is 0 Å². The summed E-state index contributed by atoms with van der Waals surface area (Å²) in [6.45, 7) is 0. The topological polar surface area (TPSA) is 89.3 Å². The third-order valence-corrected chi connectivity index (χ3v) is 2.41. The highest BCUT2D eigenvalue weighted by Gasteiger charge is 2.32. The Morgan fingerprint density at radius 2 is 1.89 bits per heavy atom. The molecule has 0 heterocycles. The summed E-state index contributed by atoms with van der Waals surface area (Å²) in [7, 11) is -3.92. The van der Waals surface area contributed by atoms with E-state index < -0.39 is 38.1 Å². The molecule has 0 unspecified atom stereocenters. The van der Waals surface area contributed by atoms with Crippen LogP contribution in [0, 0.1) is 10.1 Å². The fourth-order valence-corrected chi connectivity index (χ4v) is 1.72. The highest BCUT2D eigenvalue weighted by molar-refractivity contribution is 7.92. The van der Waals surface area contributed by atoms with Crippen molar-refractivity contribution in [3.8, 4) is 0 Å². The maximum Gasteiger partial charge on any atom is 0.416 e. The number of rotatable bonds is 3. The Labute approximate surface area is 99.6 Å². The SMILES string of the molecule is CS(=O)(=O)Nc1cc(C(F)(F)F)ccc1[N+](=O)[O-]. The van der Waals surface area contributed by atoms with Crippen molar-refractivity contribution in [2.75, 3.05) is 11.0 Å². The van der Waals surface area contributed by atoms with Crippen LogP contribution in [-0.4, -0.2) is 19.6 Å². The molecule has 0 aromatic heterocycles. The molecule has 1 rings (SSSR count). The monoisotopic (exact) mass is 284 g/mol. The first-order valence-electron chi connectivity index (χ1n) is 4.34. The second-order valence-electron chi connectivity index (χ2n) is 3.36. The third-order valence-electron chi connectivity index (χ3n) is 1.82. The fraction of sp³-hybridized carbons (Fsp3) is 0.250. The molecule has 1 aromatic carbocycles. The Bertz CT molecular complexity index is 582. The summed E-state index contributed by atoms with van der Waals surface area (Å²) in [4.78, 5) is 9.58. The van der Waals surface area contributed by atoms with E-state index in [0.717, 1.165) is 0 Å². The maximum atomic E-state index is 12.4. The Morgan fingerprint density at radius 3 is 2.28 bits per heavy atom. The number of hydrogen-bond acceptors (Lipinski definition) is 4. The first-order chi connectivity index (χ1) is 8.00. The predicted molar refractivity (Wildman–Crippen MR) is 56.6 cm³/mol. The van der Waals surface area contributed by atoms with Crippen molar-refractivity contribution >= 4 is 21.4 Å². The fourth-order valence-electron chi connectivity index (χ4n) is 1.15. The molecule has 0 aliphatic carbocycles. The minimum atomic E-state index is -4.72. The Morgan fingerprint density at radius 1 is 1.33 bits per heavy atom. The molecule has 1 aromatic rings. The normalized spacial score (nSPS) is 12.2. The molecule has 0 aliphatic heterocycles. The van der Waals surface area contributed by atoms with Crippen molar-refractivity contribution in [2.24, 2.45) is 0 Å². The van der Waals surface area contributed by atoms with Crippen LogP contribution in [-0.2, 0) is 16.2 Å². The summed E-state index contributed by atoms with van der Waals surface area (Å²) in [5, 5.41) is 10.6. The number of sulfonamides is 1. The van der Waals surface area contributed by atoms with Gasteiger partial charge in [-0.2, -0.15) is 13.2 Å². The van der Waals surface area contributed by atoms with Gasteiger partial charge in [0.05, 0.1) is 16.7 Å². The van der Waals surface area contributed by atoms with E-state index in [9.17, 15) is 31.7 Å². The molecule has 0 spiro atoms. The number of nitrogens with zero attached hydrogens (tertiary/aromatic N) is 1. The first kappa shape index (κ1) is 14.2. The van der Waals surface area contributed by atoms with Crippen LogP contribution in [0.2, 0.25) is 0 Å². The number of nitro benzene ring substituents is 1. The molecule has 18 heavy (non-hydrogen) atoms. The van der Waals surface area contributed by atoms with Gasteiger partial charge in [-0.1, -0.05) is 0 Å². The smallest absolute Gasteiger partial charge is 0.277 e. The number of halogens is 3. The molecule has 10 heteroatoms. The lowest BCUT2D eigenvalue weighted by Crippen LogP contribution is -2.13. The molecule has 100 valence electrons.